The Bertz CT molecular complexity index is 1800. The number of fused-ring (bicyclic) bond motifs is 6. The minimum atomic E-state index is -0.363. The summed E-state index contributed by atoms with van der Waals surface area (Å²) < 4.78 is 2.21. The predicted octanol–water partition coefficient (Wildman–Crippen LogP) is 5.11. The second-order valence-electron chi connectivity index (χ2n) is 12.1. The first-order chi connectivity index (χ1) is 21.0. The number of nitrogens with one attached hydrogen (secondary N) is 1. The summed E-state index contributed by atoms with van der Waals surface area (Å²) in [5, 5.41) is 14.4. The van der Waals surface area contributed by atoms with Crippen molar-refractivity contribution in [2.75, 3.05) is 19.6 Å². The standard InChI is InChI=1S/C33H32ClN7OS/c1-20-38-39-32-33(12-13-33)37-30(23-8-5-6-9-25(23)34)29-24-16-21(17-27(24)43-31(29)41(20)32)26(42)18-36-22-11-15-40(19-22)28-10-4-2-3-7-14-35-28/h3-9,14,21-22,36H,2,11-13,15-19H2,1H3/b7-3-,35-14-/t10?,21-,22-/m0/s1. The van der Waals surface area contributed by atoms with Crippen LogP contribution in [0.15, 0.2) is 64.0 Å². The molecular weight excluding hydrogens is 578 g/mol. The Morgan fingerprint density at radius 1 is 1.23 bits per heavy atom. The van der Waals surface area contributed by atoms with Crippen molar-refractivity contribution in [2.45, 2.75) is 57.0 Å². The average Bonchev–Trinajstić information content (AvgIpc) is 3.32. The number of hydrogen-bond acceptors (Lipinski definition) is 8. The molecule has 5 heterocycles. The second kappa shape index (κ2) is 10.5. The molecule has 1 spiro atoms. The number of aryl methyl sites for hydroxylation is 1. The van der Waals surface area contributed by atoms with Crippen molar-refractivity contribution in [3.63, 3.8) is 0 Å². The molecule has 2 aromatic heterocycles. The number of likely N-dealkylation sites (tertiary alicyclic amines) is 1. The first-order valence-corrected chi connectivity index (χ1v) is 16.3. The lowest BCUT2D eigenvalue weighted by Crippen LogP contribution is -2.38. The third-order valence-electron chi connectivity index (χ3n) is 9.23. The smallest absolute Gasteiger partial charge is 0.172 e. The zero-order chi connectivity index (χ0) is 29.1. The highest BCUT2D eigenvalue weighted by molar-refractivity contribution is 7.15. The molecule has 3 aliphatic heterocycles. The van der Waals surface area contributed by atoms with E-state index in [0.29, 0.717) is 18.0 Å². The van der Waals surface area contributed by atoms with Gasteiger partial charge in [-0.2, -0.15) is 0 Å². The van der Waals surface area contributed by atoms with Crippen LogP contribution in [0.1, 0.15) is 58.9 Å². The van der Waals surface area contributed by atoms with Crippen LogP contribution in [-0.2, 0) is 23.2 Å². The largest absolute Gasteiger partial charge is 0.348 e. The van der Waals surface area contributed by atoms with Crippen LogP contribution in [0.25, 0.3) is 5.00 Å². The first-order valence-electron chi connectivity index (χ1n) is 15.1. The highest BCUT2D eigenvalue weighted by Crippen LogP contribution is 2.54. The lowest BCUT2D eigenvalue weighted by Gasteiger charge is -2.18. The molecule has 0 amide bonds. The van der Waals surface area contributed by atoms with Gasteiger partial charge in [-0.15, -0.1) is 21.5 Å². The van der Waals surface area contributed by atoms with Crippen LogP contribution in [0.3, 0.4) is 0 Å². The highest BCUT2D eigenvalue weighted by atomic mass is 35.5. The number of halogens is 1. The van der Waals surface area contributed by atoms with Gasteiger partial charge in [-0.25, -0.2) is 4.99 Å². The molecular formula is C33H32ClN7OS. The van der Waals surface area contributed by atoms with E-state index in [2.05, 4.69) is 47.8 Å². The number of ketones is 1. The maximum atomic E-state index is 13.6. The van der Waals surface area contributed by atoms with Gasteiger partial charge in [0, 0.05) is 52.3 Å². The summed E-state index contributed by atoms with van der Waals surface area (Å²) in [6.45, 7) is 4.13. The van der Waals surface area contributed by atoms with Crippen LogP contribution in [0.4, 0.5) is 0 Å². The quantitative estimate of drug-likeness (QED) is 0.393. The number of allylic oxidation sites excluding steroid dienone is 3. The number of aromatic nitrogens is 3. The zero-order valence-electron chi connectivity index (χ0n) is 24.0. The van der Waals surface area contributed by atoms with Gasteiger partial charge < -0.3 is 10.2 Å². The minimum Gasteiger partial charge on any atom is -0.348 e. The third kappa shape index (κ3) is 4.66. The number of nitrogens with zero attached hydrogens (tertiary/aromatic N) is 6. The Labute approximate surface area is 259 Å². The Balaban J connectivity index is 1.04. The Morgan fingerprint density at radius 2 is 2.12 bits per heavy atom. The molecule has 2 atom stereocenters. The number of Topliss-reactive ketones (excluding diaryl/α,β-unsaturated/α-hetero) is 1. The summed E-state index contributed by atoms with van der Waals surface area (Å²) in [5.74, 6) is 2.89. The van der Waals surface area contributed by atoms with E-state index in [1.165, 1.54) is 10.4 Å². The third-order valence-corrected chi connectivity index (χ3v) is 10.8. The Kier molecular flexibility index (Phi) is 6.60. The van der Waals surface area contributed by atoms with E-state index in [9.17, 15) is 4.79 Å². The lowest BCUT2D eigenvalue weighted by atomic mass is 9.96. The number of aliphatic imine (C=N–C) groups is 2. The summed E-state index contributed by atoms with van der Waals surface area (Å²) in [4.78, 5) is 27.1. The van der Waals surface area contributed by atoms with Crippen molar-refractivity contribution in [3.8, 4) is 5.00 Å². The van der Waals surface area contributed by atoms with Gasteiger partial charge in [0.05, 0.1) is 12.3 Å². The fraction of sp³-hybridized carbons (Fsp3) is 0.394. The minimum absolute atomic E-state index is 0.0451. The topological polar surface area (TPSA) is 87.8 Å². The number of carbonyl (C=O) groups is 1. The molecule has 0 bridgehead atoms. The van der Waals surface area contributed by atoms with E-state index in [1.54, 1.807) is 11.3 Å². The van der Waals surface area contributed by atoms with E-state index in [4.69, 9.17) is 16.6 Å². The number of thiophene rings is 1. The monoisotopic (exact) mass is 609 g/mol. The van der Waals surface area contributed by atoms with Gasteiger partial charge in [0.2, 0.25) is 0 Å². The van der Waals surface area contributed by atoms with Crippen molar-refractivity contribution < 1.29 is 4.79 Å². The molecule has 3 aromatic rings. The summed E-state index contributed by atoms with van der Waals surface area (Å²) in [6, 6.07) is 8.21. The van der Waals surface area contributed by atoms with Crippen LogP contribution >= 0.6 is 22.9 Å². The molecule has 8 nitrogen and oxygen atoms in total. The van der Waals surface area contributed by atoms with Gasteiger partial charge in [-0.3, -0.25) is 14.4 Å². The zero-order valence-corrected chi connectivity index (χ0v) is 25.6. The molecule has 1 saturated heterocycles. The molecule has 218 valence electrons. The molecule has 10 heteroatoms. The number of benzene rings is 1. The Hall–Kier alpha value is -3.62. The van der Waals surface area contributed by atoms with E-state index < -0.39 is 0 Å². The van der Waals surface area contributed by atoms with Crippen molar-refractivity contribution in [3.05, 3.63) is 92.3 Å². The molecule has 1 saturated carbocycles. The second-order valence-corrected chi connectivity index (χ2v) is 13.6. The molecule has 0 radical (unpaired) electrons. The summed E-state index contributed by atoms with van der Waals surface area (Å²) in [7, 11) is 0. The number of hydrogen-bond donors (Lipinski definition) is 1. The summed E-state index contributed by atoms with van der Waals surface area (Å²) in [6.07, 6.45) is 13.1. The van der Waals surface area contributed by atoms with Crippen LogP contribution in [0.5, 0.6) is 0 Å². The van der Waals surface area contributed by atoms with Gasteiger partial charge in [-0.1, -0.05) is 41.6 Å². The van der Waals surface area contributed by atoms with E-state index in [-0.39, 0.29) is 23.3 Å². The summed E-state index contributed by atoms with van der Waals surface area (Å²) >= 11 is 8.55. The maximum absolute atomic E-state index is 13.6. The highest BCUT2D eigenvalue weighted by Gasteiger charge is 2.52. The van der Waals surface area contributed by atoms with Gasteiger partial charge >= 0.3 is 0 Å². The molecule has 1 aromatic carbocycles. The van der Waals surface area contributed by atoms with Gasteiger partial charge in [0.15, 0.2) is 11.6 Å². The van der Waals surface area contributed by atoms with Gasteiger partial charge in [0.25, 0.3) is 0 Å². The molecule has 0 unspecified atom stereocenters. The molecule has 5 aliphatic rings. The fourth-order valence-electron chi connectivity index (χ4n) is 6.77. The van der Waals surface area contributed by atoms with Crippen molar-refractivity contribution in [1.82, 2.24) is 25.0 Å². The average molecular weight is 610 g/mol. The summed E-state index contributed by atoms with van der Waals surface area (Å²) in [5.41, 5.74) is 7.15. The van der Waals surface area contributed by atoms with Gasteiger partial charge in [0.1, 0.15) is 22.1 Å². The van der Waals surface area contributed by atoms with E-state index in [0.717, 1.165) is 84.5 Å². The first kappa shape index (κ1) is 27.0. The Morgan fingerprint density at radius 3 is 2.98 bits per heavy atom. The predicted molar refractivity (Wildman–Crippen MR) is 170 cm³/mol. The van der Waals surface area contributed by atoms with Crippen LogP contribution < -0.4 is 5.32 Å². The fourth-order valence-corrected chi connectivity index (χ4v) is 8.45. The van der Waals surface area contributed by atoms with E-state index >= 15 is 0 Å². The SMILES string of the molecule is Cc1nnc2n1-c1sc3c(c1C(c1ccccc1Cl)=NC21CC1)C[C@H](C(=O)CN[C@H]1CCN(C2=C=CC/C=C\C=N/2)C1)C3. The lowest BCUT2D eigenvalue weighted by molar-refractivity contribution is -0.121. The molecule has 1 N–H and O–H groups in total. The number of carbonyl (C=O) groups excluding carboxylic acids is 1. The van der Waals surface area contributed by atoms with Gasteiger partial charge in [-0.05, 0) is 69.2 Å². The molecule has 2 fully saturated rings. The number of rotatable bonds is 6. The molecule has 8 rings (SSSR count). The normalized spacial score (nSPS) is 24.4. The van der Waals surface area contributed by atoms with Crippen LogP contribution in [0, 0.1) is 12.8 Å². The van der Waals surface area contributed by atoms with E-state index in [1.807, 2.05) is 43.5 Å². The maximum Gasteiger partial charge on any atom is 0.172 e. The van der Waals surface area contributed by atoms with Crippen molar-refractivity contribution >= 4 is 40.6 Å². The van der Waals surface area contributed by atoms with Crippen LogP contribution in [0.2, 0.25) is 5.02 Å². The molecule has 43 heavy (non-hydrogen) atoms. The van der Waals surface area contributed by atoms with Crippen LogP contribution in [-0.4, -0.2) is 63.1 Å². The van der Waals surface area contributed by atoms with Crippen molar-refractivity contribution in [2.24, 2.45) is 15.9 Å². The van der Waals surface area contributed by atoms with Crippen molar-refractivity contribution in [1.29, 1.82) is 0 Å². The molecule has 2 aliphatic carbocycles.